The predicted octanol–water partition coefficient (Wildman–Crippen LogP) is 4.04. The van der Waals surface area contributed by atoms with Crippen molar-refractivity contribution in [3.05, 3.63) is 51.8 Å². The number of ether oxygens (including phenoxy) is 1. The lowest BCUT2D eigenvalue weighted by Gasteiger charge is -2.08. The number of methoxy groups -OCH3 is 1. The van der Waals surface area contributed by atoms with Gasteiger partial charge in [0.25, 0.3) is 5.91 Å². The van der Waals surface area contributed by atoms with Crippen LogP contribution in [0, 0.1) is 0 Å². The fourth-order valence-corrected chi connectivity index (χ4v) is 3.36. The number of nitrogens with one attached hydrogen (secondary N) is 1. The van der Waals surface area contributed by atoms with Crippen LogP contribution in [-0.4, -0.2) is 35.3 Å². The maximum Gasteiger partial charge on any atom is 0.436 e. The van der Waals surface area contributed by atoms with Crippen LogP contribution in [0.5, 0.6) is 0 Å². The van der Waals surface area contributed by atoms with Gasteiger partial charge in [-0.2, -0.15) is 18.3 Å². The number of halogens is 4. The summed E-state index contributed by atoms with van der Waals surface area (Å²) in [6.45, 7) is 0.462. The number of carbonyl (C=O) groups excluding carboxylic acids is 2. The Labute approximate surface area is 170 Å². The third-order valence-corrected chi connectivity index (χ3v) is 4.94. The van der Waals surface area contributed by atoms with Crippen molar-refractivity contribution in [2.24, 2.45) is 0 Å². The number of nitrogens with zero attached hydrogens (tertiary/aromatic N) is 2. The van der Waals surface area contributed by atoms with E-state index in [9.17, 15) is 22.8 Å². The lowest BCUT2D eigenvalue weighted by Crippen LogP contribution is -2.25. The third-order valence-electron chi connectivity index (χ3n) is 4.56. The Hall–Kier alpha value is -2.55. The fourth-order valence-electron chi connectivity index (χ4n) is 2.96. The van der Waals surface area contributed by atoms with Gasteiger partial charge in [0.05, 0.1) is 23.4 Å². The third kappa shape index (κ3) is 4.90. The van der Waals surface area contributed by atoms with Gasteiger partial charge in [-0.1, -0.05) is 11.6 Å². The molecule has 1 aliphatic carbocycles. The van der Waals surface area contributed by atoms with E-state index in [2.05, 4.69) is 15.2 Å². The zero-order valence-electron chi connectivity index (χ0n) is 15.6. The van der Waals surface area contributed by atoms with E-state index in [1.165, 1.54) is 36.1 Å². The minimum Gasteiger partial charge on any atom is -0.465 e. The van der Waals surface area contributed by atoms with Gasteiger partial charge in [0.1, 0.15) is 0 Å². The lowest BCUT2D eigenvalue weighted by molar-refractivity contribution is -0.141. The van der Waals surface area contributed by atoms with E-state index in [0.29, 0.717) is 23.2 Å². The van der Waals surface area contributed by atoms with Crippen LogP contribution < -0.4 is 5.32 Å². The van der Waals surface area contributed by atoms with E-state index in [4.69, 9.17) is 11.6 Å². The number of hydrogen-bond donors (Lipinski definition) is 1. The van der Waals surface area contributed by atoms with Crippen LogP contribution in [0.25, 0.3) is 0 Å². The number of amides is 1. The molecule has 0 unspecified atom stereocenters. The summed E-state index contributed by atoms with van der Waals surface area (Å²) in [7, 11) is 1.27. The van der Waals surface area contributed by atoms with Crippen LogP contribution in [0.2, 0.25) is 5.02 Å². The van der Waals surface area contributed by atoms with Crippen LogP contribution in [-0.2, 0) is 17.5 Å². The molecule has 6 nitrogen and oxygen atoms in total. The Bertz CT molecular complexity index is 906. The van der Waals surface area contributed by atoms with E-state index in [1.807, 2.05) is 0 Å². The molecule has 1 aromatic carbocycles. The summed E-state index contributed by atoms with van der Waals surface area (Å²) in [5, 5.41) is 6.03. The van der Waals surface area contributed by atoms with Gasteiger partial charge in [-0.05, 0) is 43.5 Å². The predicted molar refractivity (Wildman–Crippen MR) is 98.9 cm³/mol. The zero-order chi connectivity index (χ0) is 21.2. The van der Waals surface area contributed by atoms with E-state index in [0.717, 1.165) is 12.8 Å². The van der Waals surface area contributed by atoms with Crippen molar-refractivity contribution in [2.75, 3.05) is 13.7 Å². The van der Waals surface area contributed by atoms with Gasteiger partial charge in [0, 0.05) is 24.6 Å². The van der Waals surface area contributed by atoms with Gasteiger partial charge in [0.2, 0.25) is 0 Å². The van der Waals surface area contributed by atoms with Crippen molar-refractivity contribution in [3.63, 3.8) is 0 Å². The normalized spacial score (nSPS) is 14.0. The summed E-state index contributed by atoms with van der Waals surface area (Å²) in [6.07, 6.45) is -2.63. The summed E-state index contributed by atoms with van der Waals surface area (Å²) in [5.74, 6) is -0.841. The highest BCUT2D eigenvalue weighted by Gasteiger charge is 2.41. The van der Waals surface area contributed by atoms with Crippen molar-refractivity contribution in [3.8, 4) is 0 Å². The molecule has 0 bridgehead atoms. The fraction of sp³-hybridized carbons (Fsp3) is 0.421. The number of aromatic nitrogens is 2. The first-order valence-corrected chi connectivity index (χ1v) is 9.40. The summed E-state index contributed by atoms with van der Waals surface area (Å²) in [4.78, 5) is 23.6. The Morgan fingerprint density at radius 1 is 1.24 bits per heavy atom. The second-order valence-corrected chi connectivity index (χ2v) is 7.10. The molecule has 1 N–H and O–H groups in total. The van der Waals surface area contributed by atoms with Crippen molar-refractivity contribution in [1.29, 1.82) is 0 Å². The standard InChI is InChI=1S/C19H19ClF3N3O3/c1-29-18(28)13-7-5-12(6-8-13)17(27)24-9-2-10-26-15(11-3-4-11)14(20)16(25-26)19(21,22)23/h5-8,11H,2-4,9-10H2,1H3,(H,24,27). The molecule has 156 valence electrons. The van der Waals surface area contributed by atoms with Crippen LogP contribution >= 0.6 is 11.6 Å². The zero-order valence-corrected chi connectivity index (χ0v) is 16.3. The van der Waals surface area contributed by atoms with Gasteiger partial charge in [-0.25, -0.2) is 4.79 Å². The van der Waals surface area contributed by atoms with E-state index < -0.39 is 17.8 Å². The molecule has 0 radical (unpaired) electrons. The first-order valence-electron chi connectivity index (χ1n) is 9.02. The van der Waals surface area contributed by atoms with Gasteiger partial charge in [0.15, 0.2) is 5.69 Å². The SMILES string of the molecule is COC(=O)c1ccc(C(=O)NCCCn2nc(C(F)(F)F)c(Cl)c2C2CC2)cc1. The van der Waals surface area contributed by atoms with Crippen molar-refractivity contribution < 1.29 is 27.5 Å². The molecule has 0 spiro atoms. The topological polar surface area (TPSA) is 73.2 Å². The smallest absolute Gasteiger partial charge is 0.436 e. The van der Waals surface area contributed by atoms with E-state index >= 15 is 0 Å². The molecule has 3 rings (SSSR count). The number of hydrogen-bond acceptors (Lipinski definition) is 4. The van der Waals surface area contributed by atoms with Gasteiger partial charge < -0.3 is 10.1 Å². The van der Waals surface area contributed by atoms with Gasteiger partial charge in [-0.15, -0.1) is 0 Å². The second kappa shape index (κ2) is 8.44. The molecule has 2 aromatic rings. The molecule has 1 heterocycles. The van der Waals surface area contributed by atoms with Crippen LogP contribution in [0.3, 0.4) is 0 Å². The van der Waals surface area contributed by atoms with E-state index in [-0.39, 0.29) is 29.9 Å². The molecule has 1 aromatic heterocycles. The highest BCUT2D eigenvalue weighted by Crippen LogP contribution is 2.46. The maximum absolute atomic E-state index is 13.1. The summed E-state index contributed by atoms with van der Waals surface area (Å²) < 4.78 is 45.1. The first kappa shape index (κ1) is 21.2. The van der Waals surface area contributed by atoms with E-state index in [1.54, 1.807) is 0 Å². The first-order chi connectivity index (χ1) is 13.7. The number of alkyl halides is 3. The molecule has 29 heavy (non-hydrogen) atoms. The minimum absolute atomic E-state index is 0.00835. The van der Waals surface area contributed by atoms with Crippen LogP contribution in [0.4, 0.5) is 13.2 Å². The largest absolute Gasteiger partial charge is 0.465 e. The Morgan fingerprint density at radius 3 is 2.41 bits per heavy atom. The Morgan fingerprint density at radius 2 is 1.86 bits per heavy atom. The molecule has 1 fully saturated rings. The maximum atomic E-state index is 13.1. The summed E-state index contributed by atoms with van der Waals surface area (Å²) in [5.41, 5.74) is 0.0463. The van der Waals surface area contributed by atoms with Gasteiger partial charge >= 0.3 is 12.1 Å². The lowest BCUT2D eigenvalue weighted by atomic mass is 10.1. The quantitative estimate of drug-likeness (QED) is 0.532. The number of esters is 1. The van der Waals surface area contributed by atoms with Crippen LogP contribution in [0.1, 0.15) is 57.3 Å². The van der Waals surface area contributed by atoms with Crippen LogP contribution in [0.15, 0.2) is 24.3 Å². The second-order valence-electron chi connectivity index (χ2n) is 6.72. The van der Waals surface area contributed by atoms with Crippen molar-refractivity contribution in [1.82, 2.24) is 15.1 Å². The molecule has 0 atom stereocenters. The molecular formula is C19H19ClF3N3O3. The Kier molecular flexibility index (Phi) is 6.16. The number of aryl methyl sites for hydroxylation is 1. The Balaban J connectivity index is 1.57. The summed E-state index contributed by atoms with van der Waals surface area (Å²) in [6, 6.07) is 5.95. The minimum atomic E-state index is -4.60. The number of rotatable bonds is 7. The number of benzene rings is 1. The average molecular weight is 430 g/mol. The highest BCUT2D eigenvalue weighted by molar-refractivity contribution is 6.32. The molecule has 1 amide bonds. The molecular weight excluding hydrogens is 411 g/mol. The van der Waals surface area contributed by atoms with Crippen molar-refractivity contribution >= 4 is 23.5 Å². The highest BCUT2D eigenvalue weighted by atomic mass is 35.5. The monoisotopic (exact) mass is 429 g/mol. The molecule has 0 saturated heterocycles. The summed E-state index contributed by atoms with van der Waals surface area (Å²) >= 11 is 5.93. The van der Waals surface area contributed by atoms with Crippen molar-refractivity contribution in [2.45, 2.75) is 37.9 Å². The molecule has 0 aliphatic heterocycles. The van der Waals surface area contributed by atoms with Gasteiger partial charge in [-0.3, -0.25) is 9.48 Å². The number of carbonyl (C=O) groups is 2. The average Bonchev–Trinajstić information content (AvgIpc) is 3.46. The molecule has 1 aliphatic rings. The molecule has 10 heteroatoms. The molecule has 1 saturated carbocycles.